The van der Waals surface area contributed by atoms with Crippen LogP contribution in [0.25, 0.3) is 5.69 Å². The van der Waals surface area contributed by atoms with Crippen molar-refractivity contribution in [3.05, 3.63) is 47.3 Å². The molecule has 1 amide bonds. The van der Waals surface area contributed by atoms with E-state index < -0.39 is 0 Å². The predicted octanol–water partition coefficient (Wildman–Crippen LogP) is 4.07. The molecule has 1 fully saturated rings. The molecule has 1 saturated carbocycles. The molecule has 0 saturated heterocycles. The SMILES string of the molecule is Cc1nn(-c2ccccc2)c(C)c1CC(=O)N(C)C1CCC(C)CC1. The van der Waals surface area contributed by atoms with Crippen molar-refractivity contribution in [1.29, 1.82) is 0 Å². The minimum absolute atomic E-state index is 0.207. The van der Waals surface area contributed by atoms with Gasteiger partial charge >= 0.3 is 0 Å². The number of benzene rings is 1. The fourth-order valence-corrected chi connectivity index (χ4v) is 3.86. The molecule has 0 N–H and O–H groups in total. The molecular formula is C21H29N3O. The summed E-state index contributed by atoms with van der Waals surface area (Å²) in [6.45, 7) is 6.36. The third-order valence-electron chi connectivity index (χ3n) is 5.70. The monoisotopic (exact) mass is 339 g/mol. The third kappa shape index (κ3) is 3.78. The number of aryl methyl sites for hydroxylation is 1. The number of carbonyl (C=O) groups is 1. The molecule has 25 heavy (non-hydrogen) atoms. The minimum Gasteiger partial charge on any atom is -0.342 e. The lowest BCUT2D eigenvalue weighted by Crippen LogP contribution is -2.40. The molecule has 2 aromatic rings. The Morgan fingerprint density at radius 3 is 2.44 bits per heavy atom. The Labute approximate surface area is 150 Å². The summed E-state index contributed by atoms with van der Waals surface area (Å²) in [6, 6.07) is 10.5. The van der Waals surface area contributed by atoms with E-state index in [9.17, 15) is 4.79 Å². The van der Waals surface area contributed by atoms with Crippen LogP contribution in [0.3, 0.4) is 0 Å². The predicted molar refractivity (Wildman–Crippen MR) is 101 cm³/mol. The fourth-order valence-electron chi connectivity index (χ4n) is 3.86. The van der Waals surface area contributed by atoms with E-state index >= 15 is 0 Å². The smallest absolute Gasteiger partial charge is 0.227 e. The molecule has 0 aliphatic heterocycles. The molecule has 4 nitrogen and oxygen atoms in total. The van der Waals surface area contributed by atoms with Gasteiger partial charge < -0.3 is 4.90 Å². The summed E-state index contributed by atoms with van der Waals surface area (Å²) in [5, 5.41) is 4.66. The van der Waals surface area contributed by atoms with E-state index in [1.54, 1.807) is 0 Å². The van der Waals surface area contributed by atoms with Crippen LogP contribution in [0.5, 0.6) is 0 Å². The Balaban J connectivity index is 1.74. The van der Waals surface area contributed by atoms with Crippen molar-refractivity contribution < 1.29 is 4.79 Å². The molecule has 1 aliphatic carbocycles. The van der Waals surface area contributed by atoms with Gasteiger partial charge in [-0.25, -0.2) is 4.68 Å². The maximum atomic E-state index is 12.8. The van der Waals surface area contributed by atoms with E-state index in [-0.39, 0.29) is 5.91 Å². The van der Waals surface area contributed by atoms with Crippen molar-refractivity contribution >= 4 is 5.91 Å². The number of nitrogens with zero attached hydrogens (tertiary/aromatic N) is 3. The molecule has 4 heteroatoms. The molecule has 1 aliphatic rings. The van der Waals surface area contributed by atoms with Crippen molar-refractivity contribution in [2.75, 3.05) is 7.05 Å². The molecule has 0 radical (unpaired) electrons. The molecule has 3 rings (SSSR count). The number of aromatic nitrogens is 2. The minimum atomic E-state index is 0.207. The molecule has 1 heterocycles. The van der Waals surface area contributed by atoms with Crippen LogP contribution in [0.2, 0.25) is 0 Å². The number of hydrogen-bond donors (Lipinski definition) is 0. The maximum Gasteiger partial charge on any atom is 0.227 e. The summed E-state index contributed by atoms with van der Waals surface area (Å²) in [6.07, 6.45) is 5.15. The highest BCUT2D eigenvalue weighted by Gasteiger charge is 2.26. The van der Waals surface area contributed by atoms with Gasteiger partial charge in [0, 0.05) is 24.3 Å². The number of hydrogen-bond acceptors (Lipinski definition) is 2. The molecule has 0 bridgehead atoms. The van der Waals surface area contributed by atoms with Crippen LogP contribution in [0.1, 0.15) is 49.6 Å². The van der Waals surface area contributed by atoms with Gasteiger partial charge in [0.15, 0.2) is 0 Å². The normalized spacial score (nSPS) is 20.5. The summed E-state index contributed by atoms with van der Waals surface area (Å²) >= 11 is 0. The van der Waals surface area contributed by atoms with Gasteiger partial charge in [0.1, 0.15) is 0 Å². The second-order valence-corrected chi connectivity index (χ2v) is 7.49. The first-order valence-corrected chi connectivity index (χ1v) is 9.33. The lowest BCUT2D eigenvalue weighted by Gasteiger charge is -2.33. The number of amides is 1. The van der Waals surface area contributed by atoms with Crippen molar-refractivity contribution in [1.82, 2.24) is 14.7 Å². The van der Waals surface area contributed by atoms with Gasteiger partial charge in [-0.3, -0.25) is 4.79 Å². The maximum absolute atomic E-state index is 12.8. The Bertz CT molecular complexity index is 727. The second kappa shape index (κ2) is 7.42. The number of rotatable bonds is 4. The van der Waals surface area contributed by atoms with Gasteiger partial charge in [-0.05, 0) is 57.6 Å². The topological polar surface area (TPSA) is 38.1 Å². The van der Waals surface area contributed by atoms with Crippen LogP contribution in [0, 0.1) is 19.8 Å². The average Bonchev–Trinajstić information content (AvgIpc) is 2.90. The van der Waals surface area contributed by atoms with Gasteiger partial charge in [0.25, 0.3) is 0 Å². The summed E-state index contributed by atoms with van der Waals surface area (Å²) in [5.41, 5.74) is 4.10. The molecule has 1 aromatic carbocycles. The molecule has 1 aromatic heterocycles. The molecule has 0 spiro atoms. The van der Waals surface area contributed by atoms with Gasteiger partial charge in [0.2, 0.25) is 5.91 Å². The molecule has 0 unspecified atom stereocenters. The molecule has 0 atom stereocenters. The first-order valence-electron chi connectivity index (χ1n) is 9.33. The first kappa shape index (κ1) is 17.7. The fraction of sp³-hybridized carbons (Fsp3) is 0.524. The first-order chi connectivity index (χ1) is 12.0. The average molecular weight is 339 g/mol. The lowest BCUT2D eigenvalue weighted by molar-refractivity contribution is -0.132. The highest BCUT2D eigenvalue weighted by molar-refractivity contribution is 5.79. The van der Waals surface area contributed by atoms with Gasteiger partial charge in [0.05, 0.1) is 17.8 Å². The van der Waals surface area contributed by atoms with E-state index in [0.29, 0.717) is 12.5 Å². The zero-order valence-electron chi connectivity index (χ0n) is 15.8. The molecule has 134 valence electrons. The summed E-state index contributed by atoms with van der Waals surface area (Å²) < 4.78 is 1.94. The van der Waals surface area contributed by atoms with Gasteiger partial charge in [-0.2, -0.15) is 5.10 Å². The van der Waals surface area contributed by atoms with E-state index in [4.69, 9.17) is 0 Å². The Morgan fingerprint density at radius 2 is 1.80 bits per heavy atom. The second-order valence-electron chi connectivity index (χ2n) is 7.49. The Morgan fingerprint density at radius 1 is 1.16 bits per heavy atom. The summed E-state index contributed by atoms with van der Waals surface area (Å²) in [5.74, 6) is 1.01. The Kier molecular flexibility index (Phi) is 5.26. The summed E-state index contributed by atoms with van der Waals surface area (Å²) in [7, 11) is 1.97. The van der Waals surface area contributed by atoms with Gasteiger partial charge in [-0.15, -0.1) is 0 Å². The van der Waals surface area contributed by atoms with E-state index in [2.05, 4.69) is 18.9 Å². The molecular weight excluding hydrogens is 310 g/mol. The van der Waals surface area contributed by atoms with Gasteiger partial charge in [-0.1, -0.05) is 25.1 Å². The number of para-hydroxylation sites is 1. The van der Waals surface area contributed by atoms with Crippen LogP contribution < -0.4 is 0 Å². The van der Waals surface area contributed by atoms with Crippen molar-refractivity contribution in [2.45, 2.75) is 58.9 Å². The van der Waals surface area contributed by atoms with E-state index in [0.717, 1.165) is 41.4 Å². The van der Waals surface area contributed by atoms with Crippen LogP contribution in [0.4, 0.5) is 0 Å². The van der Waals surface area contributed by atoms with Crippen molar-refractivity contribution in [2.24, 2.45) is 5.92 Å². The summed E-state index contributed by atoms with van der Waals surface area (Å²) in [4.78, 5) is 14.8. The van der Waals surface area contributed by atoms with Crippen LogP contribution in [0.15, 0.2) is 30.3 Å². The van der Waals surface area contributed by atoms with Crippen molar-refractivity contribution in [3.63, 3.8) is 0 Å². The van der Waals surface area contributed by atoms with E-state index in [1.807, 2.05) is 53.9 Å². The van der Waals surface area contributed by atoms with Crippen molar-refractivity contribution in [3.8, 4) is 5.69 Å². The Hall–Kier alpha value is -2.10. The van der Waals surface area contributed by atoms with E-state index in [1.165, 1.54) is 12.8 Å². The third-order valence-corrected chi connectivity index (χ3v) is 5.70. The lowest BCUT2D eigenvalue weighted by atomic mass is 9.86. The zero-order valence-corrected chi connectivity index (χ0v) is 15.8. The van der Waals surface area contributed by atoms with Crippen LogP contribution >= 0.6 is 0 Å². The van der Waals surface area contributed by atoms with Crippen LogP contribution in [-0.2, 0) is 11.2 Å². The standard InChI is InChI=1S/C21H29N3O/c1-15-10-12-18(13-11-15)23(4)21(25)14-20-16(2)22-24(17(20)3)19-8-6-5-7-9-19/h5-9,15,18H,10-14H2,1-4H3. The quantitative estimate of drug-likeness (QED) is 0.842. The number of carbonyl (C=O) groups excluding carboxylic acids is 1. The van der Waals surface area contributed by atoms with Crippen LogP contribution in [-0.4, -0.2) is 33.7 Å². The zero-order chi connectivity index (χ0) is 18.0. The highest BCUT2D eigenvalue weighted by Crippen LogP contribution is 2.27. The highest BCUT2D eigenvalue weighted by atomic mass is 16.2. The largest absolute Gasteiger partial charge is 0.342 e. The number of likely N-dealkylation sites (N-methyl/N-ethyl adjacent to an activating group) is 1.